The zero-order chi connectivity index (χ0) is 13.1. The summed E-state index contributed by atoms with van der Waals surface area (Å²) in [6.07, 6.45) is -0.102. The molecule has 0 saturated carbocycles. The minimum Gasteiger partial charge on any atom is -0.374 e. The minimum atomic E-state index is -0.102. The lowest BCUT2D eigenvalue weighted by Gasteiger charge is -2.13. The van der Waals surface area contributed by atoms with Gasteiger partial charge in [0, 0.05) is 12.7 Å². The quantitative estimate of drug-likeness (QED) is 0.852. The fraction of sp³-hybridized carbons (Fsp3) is 0.286. The first-order valence-electron chi connectivity index (χ1n) is 5.82. The van der Waals surface area contributed by atoms with Gasteiger partial charge in [-0.1, -0.05) is 42.5 Å². The summed E-state index contributed by atoms with van der Waals surface area (Å²) < 4.78 is 5.90. The van der Waals surface area contributed by atoms with Gasteiger partial charge in [-0.05, 0) is 19.4 Å². The Bertz CT molecular complexity index is 592. The first-order valence-corrected chi connectivity index (χ1v) is 6.23. The monoisotopic (exact) mass is 260 g/mol. The number of benzene rings is 1. The van der Waals surface area contributed by atoms with Gasteiger partial charge in [0.2, 0.25) is 0 Å². The van der Waals surface area contributed by atoms with Crippen molar-refractivity contribution in [2.75, 3.05) is 7.11 Å². The number of H-pyrrole nitrogens is 1. The van der Waals surface area contributed by atoms with Gasteiger partial charge in [0.15, 0.2) is 0 Å². The van der Waals surface area contributed by atoms with E-state index in [1.54, 1.807) is 7.11 Å². The van der Waals surface area contributed by atoms with Crippen LogP contribution < -0.4 is 0 Å². The second-order valence-electron chi connectivity index (χ2n) is 4.17. The van der Waals surface area contributed by atoms with Gasteiger partial charge in [-0.15, -0.1) is 0 Å². The van der Waals surface area contributed by atoms with Crippen molar-refractivity contribution in [3.8, 4) is 11.3 Å². The van der Waals surface area contributed by atoms with Crippen LogP contribution in [0.5, 0.6) is 0 Å². The summed E-state index contributed by atoms with van der Waals surface area (Å²) in [4.78, 5) is 7.68. The molecular formula is C14H16N2OS. The Balaban J connectivity index is 2.60. The summed E-state index contributed by atoms with van der Waals surface area (Å²) in [5.74, 6) is 0.756. The molecule has 0 aliphatic carbocycles. The molecule has 2 rings (SSSR count). The van der Waals surface area contributed by atoms with Crippen molar-refractivity contribution in [3.05, 3.63) is 46.4 Å². The van der Waals surface area contributed by atoms with E-state index in [-0.39, 0.29) is 6.10 Å². The van der Waals surface area contributed by atoms with E-state index in [9.17, 15) is 0 Å². The molecule has 1 unspecified atom stereocenters. The lowest BCUT2D eigenvalue weighted by Crippen LogP contribution is -2.05. The topological polar surface area (TPSA) is 37.9 Å². The Kier molecular flexibility index (Phi) is 3.89. The van der Waals surface area contributed by atoms with Crippen molar-refractivity contribution < 1.29 is 4.74 Å². The molecule has 0 bridgehead atoms. The predicted molar refractivity (Wildman–Crippen MR) is 75.0 cm³/mol. The zero-order valence-electron chi connectivity index (χ0n) is 10.7. The first kappa shape index (κ1) is 12.9. The molecule has 1 aromatic heterocycles. The predicted octanol–water partition coefficient (Wildman–Crippen LogP) is 3.82. The maximum absolute atomic E-state index is 5.31. The van der Waals surface area contributed by atoms with Gasteiger partial charge in [-0.25, -0.2) is 4.98 Å². The van der Waals surface area contributed by atoms with E-state index in [0.29, 0.717) is 4.64 Å². The van der Waals surface area contributed by atoms with E-state index < -0.39 is 0 Å². The highest BCUT2D eigenvalue weighted by Crippen LogP contribution is 2.23. The molecule has 18 heavy (non-hydrogen) atoms. The molecule has 94 valence electrons. The largest absolute Gasteiger partial charge is 0.374 e. The minimum absolute atomic E-state index is 0.102. The fourth-order valence-electron chi connectivity index (χ4n) is 1.75. The van der Waals surface area contributed by atoms with Gasteiger partial charge in [-0.3, -0.25) is 0 Å². The van der Waals surface area contributed by atoms with E-state index in [1.165, 1.54) is 0 Å². The van der Waals surface area contributed by atoms with E-state index in [0.717, 1.165) is 22.6 Å². The van der Waals surface area contributed by atoms with E-state index in [1.807, 2.05) is 32.0 Å². The average Bonchev–Trinajstić information content (AvgIpc) is 2.41. The van der Waals surface area contributed by atoms with Crippen molar-refractivity contribution in [1.29, 1.82) is 0 Å². The van der Waals surface area contributed by atoms with Crippen LogP contribution >= 0.6 is 12.2 Å². The molecule has 0 fully saturated rings. The molecule has 0 aliphatic rings. The summed E-state index contributed by atoms with van der Waals surface area (Å²) >= 11 is 5.31. The molecule has 4 heteroatoms. The summed E-state index contributed by atoms with van der Waals surface area (Å²) in [7, 11) is 1.66. The third kappa shape index (κ3) is 2.49. The zero-order valence-corrected chi connectivity index (χ0v) is 11.5. The van der Waals surface area contributed by atoms with Crippen molar-refractivity contribution in [2.24, 2.45) is 0 Å². The maximum atomic E-state index is 5.31. The van der Waals surface area contributed by atoms with Crippen molar-refractivity contribution >= 4 is 12.2 Å². The van der Waals surface area contributed by atoms with Gasteiger partial charge in [0.05, 0.1) is 5.69 Å². The highest BCUT2D eigenvalue weighted by molar-refractivity contribution is 7.71. The van der Waals surface area contributed by atoms with Crippen LogP contribution in [0.2, 0.25) is 0 Å². The highest BCUT2D eigenvalue weighted by Gasteiger charge is 2.11. The SMILES string of the molecule is COC(C)c1nc(=S)c(C)c(-c2ccccc2)[nH]1. The third-order valence-corrected chi connectivity index (χ3v) is 3.37. The molecular weight excluding hydrogens is 244 g/mol. The molecule has 1 heterocycles. The Morgan fingerprint density at radius 1 is 1.28 bits per heavy atom. The van der Waals surface area contributed by atoms with E-state index >= 15 is 0 Å². The van der Waals surface area contributed by atoms with Crippen LogP contribution in [-0.2, 0) is 4.74 Å². The summed E-state index contributed by atoms with van der Waals surface area (Å²) in [5.41, 5.74) is 3.10. The second kappa shape index (κ2) is 5.42. The number of hydrogen-bond acceptors (Lipinski definition) is 3. The van der Waals surface area contributed by atoms with Crippen LogP contribution in [0, 0.1) is 11.6 Å². The van der Waals surface area contributed by atoms with Gasteiger partial charge in [0.25, 0.3) is 0 Å². The Hall–Kier alpha value is -1.52. The van der Waals surface area contributed by atoms with E-state index in [4.69, 9.17) is 17.0 Å². The number of nitrogens with one attached hydrogen (secondary N) is 1. The van der Waals surface area contributed by atoms with Crippen LogP contribution in [0.15, 0.2) is 30.3 Å². The summed E-state index contributed by atoms with van der Waals surface area (Å²) in [6, 6.07) is 10.1. The molecule has 0 radical (unpaired) electrons. The van der Waals surface area contributed by atoms with Crippen molar-refractivity contribution in [2.45, 2.75) is 20.0 Å². The lowest BCUT2D eigenvalue weighted by molar-refractivity contribution is 0.112. The number of aromatic nitrogens is 2. The Labute approximate surface area is 112 Å². The van der Waals surface area contributed by atoms with E-state index in [2.05, 4.69) is 22.1 Å². The van der Waals surface area contributed by atoms with Crippen LogP contribution in [0.4, 0.5) is 0 Å². The number of ether oxygens (including phenoxy) is 1. The maximum Gasteiger partial charge on any atom is 0.137 e. The molecule has 0 amide bonds. The standard InChI is InChI=1S/C14H16N2OS/c1-9-12(11-7-5-4-6-8-11)15-13(10(2)17-3)16-14(9)18/h4-8,10H,1-3H3,(H,15,16,18). The van der Waals surface area contributed by atoms with Crippen LogP contribution in [0.25, 0.3) is 11.3 Å². The first-order chi connectivity index (χ1) is 8.63. The highest BCUT2D eigenvalue weighted by atomic mass is 32.1. The normalized spacial score (nSPS) is 12.4. The van der Waals surface area contributed by atoms with Crippen LogP contribution in [0.3, 0.4) is 0 Å². The smallest absolute Gasteiger partial charge is 0.137 e. The second-order valence-corrected chi connectivity index (χ2v) is 4.56. The lowest BCUT2D eigenvalue weighted by atomic mass is 10.1. The molecule has 1 atom stereocenters. The molecule has 2 aromatic rings. The third-order valence-electron chi connectivity index (χ3n) is 2.97. The molecule has 0 aliphatic heterocycles. The number of rotatable bonds is 3. The van der Waals surface area contributed by atoms with Crippen molar-refractivity contribution in [3.63, 3.8) is 0 Å². The number of aromatic amines is 1. The molecule has 1 N–H and O–H groups in total. The van der Waals surface area contributed by atoms with Gasteiger partial charge < -0.3 is 9.72 Å². The Morgan fingerprint density at radius 2 is 1.94 bits per heavy atom. The van der Waals surface area contributed by atoms with Gasteiger partial charge in [0.1, 0.15) is 16.6 Å². The number of hydrogen-bond donors (Lipinski definition) is 1. The molecule has 0 saturated heterocycles. The molecule has 0 spiro atoms. The molecule has 3 nitrogen and oxygen atoms in total. The fourth-order valence-corrected chi connectivity index (χ4v) is 1.95. The van der Waals surface area contributed by atoms with Gasteiger partial charge in [-0.2, -0.15) is 0 Å². The average molecular weight is 260 g/mol. The van der Waals surface area contributed by atoms with Crippen LogP contribution in [-0.4, -0.2) is 17.1 Å². The number of methoxy groups -OCH3 is 1. The number of nitrogens with zero attached hydrogens (tertiary/aromatic N) is 1. The van der Waals surface area contributed by atoms with Gasteiger partial charge >= 0.3 is 0 Å². The Morgan fingerprint density at radius 3 is 2.56 bits per heavy atom. The summed E-state index contributed by atoms with van der Waals surface area (Å²) in [5, 5.41) is 0. The molecule has 1 aromatic carbocycles. The van der Waals surface area contributed by atoms with Crippen molar-refractivity contribution in [1.82, 2.24) is 9.97 Å². The summed E-state index contributed by atoms with van der Waals surface area (Å²) in [6.45, 7) is 3.92. The van der Waals surface area contributed by atoms with Crippen LogP contribution in [0.1, 0.15) is 24.4 Å².